The van der Waals surface area contributed by atoms with Crippen molar-refractivity contribution in [1.82, 2.24) is 0 Å². The minimum atomic E-state index is -0.790. The predicted molar refractivity (Wildman–Crippen MR) is 33.5 cm³/mol. The van der Waals surface area contributed by atoms with Gasteiger partial charge in [-0.3, -0.25) is 0 Å². The topological polar surface area (TPSA) is 36.1 Å². The number of halogens is 1. The Bertz CT molecular complexity index is 198. The maximum Gasteiger partial charge on any atom is 0.213 e. The summed E-state index contributed by atoms with van der Waals surface area (Å²) in [5, 5.41) is 8.02. The average Bonchev–Trinajstić information content (AvgIpc) is 1.87. The molecule has 0 N–H and O–H groups in total. The Morgan fingerprint density at radius 2 is 2.33 bits per heavy atom. The van der Waals surface area contributed by atoms with Gasteiger partial charge < -0.3 is 0 Å². The molecule has 0 fully saturated rings. The zero-order valence-electron chi connectivity index (χ0n) is 4.76. The summed E-state index contributed by atoms with van der Waals surface area (Å²) in [6.45, 7) is 6.22. The molecule has 0 atom stereocenters. The highest BCUT2D eigenvalue weighted by Gasteiger charge is 1.87. The number of aliphatic imine (C=N–C) groups is 1. The Morgan fingerprint density at radius 3 is 2.67 bits per heavy atom. The van der Waals surface area contributed by atoms with Gasteiger partial charge in [0.05, 0.1) is 0 Å². The molecule has 0 aliphatic carbocycles. The minimum Gasteiger partial charge on any atom is -0.210 e. The van der Waals surface area contributed by atoms with Crippen LogP contribution in [0.3, 0.4) is 0 Å². The van der Waals surface area contributed by atoms with Crippen molar-refractivity contribution in [3.8, 4) is 6.07 Å². The molecule has 0 aromatic heterocycles. The van der Waals surface area contributed by atoms with Crippen LogP contribution in [0, 0.1) is 11.3 Å². The van der Waals surface area contributed by atoms with Gasteiger partial charge in [-0.25, -0.2) is 4.99 Å². The average molecular weight is 124 g/mol. The molecule has 46 valence electrons. The van der Waals surface area contributed by atoms with Gasteiger partial charge in [-0.2, -0.15) is 9.65 Å². The van der Waals surface area contributed by atoms with Crippen molar-refractivity contribution in [2.75, 3.05) is 0 Å². The van der Waals surface area contributed by atoms with E-state index in [4.69, 9.17) is 5.26 Å². The van der Waals surface area contributed by atoms with Crippen LogP contribution < -0.4 is 0 Å². The zero-order chi connectivity index (χ0) is 7.28. The van der Waals surface area contributed by atoms with Gasteiger partial charge in [-0.15, -0.1) is 0 Å². The van der Waals surface area contributed by atoms with E-state index >= 15 is 0 Å². The second-order valence-electron chi connectivity index (χ2n) is 1.20. The fraction of sp³-hybridized carbons (Fsp3) is 0. The van der Waals surface area contributed by atoms with Gasteiger partial charge in [0.1, 0.15) is 11.8 Å². The van der Waals surface area contributed by atoms with Crippen molar-refractivity contribution in [3.05, 3.63) is 24.9 Å². The van der Waals surface area contributed by atoms with Crippen molar-refractivity contribution in [1.29, 1.82) is 5.26 Å². The lowest BCUT2D eigenvalue weighted by molar-refractivity contribution is 0.811. The molecule has 0 saturated carbocycles. The number of allylic oxidation sites excluding steroid dienone is 2. The number of nitriles is 1. The first kappa shape index (κ1) is 7.57. The van der Waals surface area contributed by atoms with Crippen molar-refractivity contribution in [2.24, 2.45) is 4.99 Å². The molecule has 0 aromatic carbocycles. The van der Waals surface area contributed by atoms with Crippen molar-refractivity contribution < 1.29 is 4.39 Å². The summed E-state index contributed by atoms with van der Waals surface area (Å²) in [5.74, 6) is -0.790. The Kier molecular flexibility index (Phi) is 2.99. The smallest absolute Gasteiger partial charge is 0.210 e. The third kappa shape index (κ3) is 3.18. The lowest BCUT2D eigenvalue weighted by atomic mass is 10.5. The molecule has 0 aliphatic heterocycles. The molecule has 0 spiro atoms. The molecular weight excluding hydrogens is 119 g/mol. The SMILES string of the molecule is C=CC(F)=NC(=C)C#N. The van der Waals surface area contributed by atoms with Crippen molar-refractivity contribution in [2.45, 2.75) is 0 Å². The van der Waals surface area contributed by atoms with E-state index in [1.807, 2.05) is 0 Å². The molecule has 0 rings (SSSR count). The van der Waals surface area contributed by atoms with E-state index in [0.29, 0.717) is 0 Å². The van der Waals surface area contributed by atoms with Crippen LogP contribution in [-0.4, -0.2) is 5.97 Å². The van der Waals surface area contributed by atoms with Gasteiger partial charge >= 0.3 is 0 Å². The third-order valence-corrected chi connectivity index (χ3v) is 0.539. The van der Waals surface area contributed by atoms with Gasteiger partial charge in [0.2, 0.25) is 5.97 Å². The van der Waals surface area contributed by atoms with E-state index < -0.39 is 5.97 Å². The molecule has 2 nitrogen and oxygen atoms in total. The van der Waals surface area contributed by atoms with Crippen LogP contribution >= 0.6 is 0 Å². The molecule has 3 heteroatoms. The van der Waals surface area contributed by atoms with E-state index in [0.717, 1.165) is 6.08 Å². The highest BCUT2D eigenvalue weighted by atomic mass is 19.1. The Labute approximate surface area is 52.6 Å². The van der Waals surface area contributed by atoms with E-state index in [2.05, 4.69) is 18.2 Å². The molecule has 0 bridgehead atoms. The predicted octanol–water partition coefficient (Wildman–Crippen LogP) is 1.58. The summed E-state index contributed by atoms with van der Waals surface area (Å²) >= 11 is 0. The highest BCUT2D eigenvalue weighted by molar-refractivity contribution is 5.86. The zero-order valence-corrected chi connectivity index (χ0v) is 4.76. The van der Waals surface area contributed by atoms with Crippen LogP contribution in [0.5, 0.6) is 0 Å². The summed E-state index contributed by atoms with van der Waals surface area (Å²) in [4.78, 5) is 3.09. The fourth-order valence-electron chi connectivity index (χ4n) is 0.200. The van der Waals surface area contributed by atoms with E-state index in [1.165, 1.54) is 0 Å². The molecule has 9 heavy (non-hydrogen) atoms. The molecular formula is C6H5FN2. The first-order valence-corrected chi connectivity index (χ1v) is 2.16. The Hall–Kier alpha value is -1.43. The largest absolute Gasteiger partial charge is 0.213 e. The molecule has 0 saturated heterocycles. The Balaban J connectivity index is 4.16. The number of hydrogen-bond acceptors (Lipinski definition) is 2. The lowest BCUT2D eigenvalue weighted by Crippen LogP contribution is -1.79. The first-order valence-electron chi connectivity index (χ1n) is 2.16. The maximum atomic E-state index is 12.0. The quantitative estimate of drug-likeness (QED) is 0.406. The second-order valence-corrected chi connectivity index (χ2v) is 1.20. The summed E-state index contributed by atoms with van der Waals surface area (Å²) in [5.41, 5.74) is -0.160. The molecule has 0 amide bonds. The third-order valence-electron chi connectivity index (χ3n) is 0.539. The highest BCUT2D eigenvalue weighted by Crippen LogP contribution is 1.91. The monoisotopic (exact) mass is 124 g/mol. The van der Waals surface area contributed by atoms with Gasteiger partial charge in [0.15, 0.2) is 0 Å². The van der Waals surface area contributed by atoms with Gasteiger partial charge in [-0.05, 0) is 6.08 Å². The minimum absolute atomic E-state index is 0.160. The fourth-order valence-corrected chi connectivity index (χ4v) is 0.200. The maximum absolute atomic E-state index is 12.0. The summed E-state index contributed by atoms with van der Waals surface area (Å²) in [6, 6.07) is 1.56. The van der Waals surface area contributed by atoms with E-state index in [-0.39, 0.29) is 5.70 Å². The normalized spacial score (nSPS) is 10.0. The molecule has 0 heterocycles. The van der Waals surface area contributed by atoms with Crippen LogP contribution in [0.15, 0.2) is 29.9 Å². The summed E-state index contributed by atoms with van der Waals surface area (Å²) in [6.07, 6.45) is 0.905. The van der Waals surface area contributed by atoms with Gasteiger partial charge in [-0.1, -0.05) is 13.2 Å². The number of rotatable bonds is 2. The van der Waals surface area contributed by atoms with Gasteiger partial charge in [0, 0.05) is 0 Å². The standard InChI is InChI=1S/C6H5FN2/c1-3-6(7)9-5(2)4-8/h3H,1-2H2. The van der Waals surface area contributed by atoms with Gasteiger partial charge in [0.25, 0.3) is 0 Å². The van der Waals surface area contributed by atoms with Crippen molar-refractivity contribution in [3.63, 3.8) is 0 Å². The first-order chi connectivity index (χ1) is 4.20. The van der Waals surface area contributed by atoms with Crippen LogP contribution in [0.1, 0.15) is 0 Å². The number of nitrogens with zero attached hydrogens (tertiary/aromatic N) is 2. The van der Waals surface area contributed by atoms with Crippen molar-refractivity contribution >= 4 is 5.97 Å². The summed E-state index contributed by atoms with van der Waals surface area (Å²) in [7, 11) is 0. The van der Waals surface area contributed by atoms with Crippen LogP contribution in [0.4, 0.5) is 4.39 Å². The Morgan fingerprint density at radius 1 is 1.78 bits per heavy atom. The number of hydrogen-bond donors (Lipinski definition) is 0. The molecule has 0 aliphatic rings. The summed E-state index contributed by atoms with van der Waals surface area (Å²) < 4.78 is 12.0. The molecule has 0 radical (unpaired) electrons. The van der Waals surface area contributed by atoms with Crippen LogP contribution in [-0.2, 0) is 0 Å². The van der Waals surface area contributed by atoms with Crippen LogP contribution in [0.2, 0.25) is 0 Å². The molecule has 0 unspecified atom stereocenters. The molecule has 0 aromatic rings. The second kappa shape index (κ2) is 3.56. The van der Waals surface area contributed by atoms with E-state index in [9.17, 15) is 4.39 Å². The van der Waals surface area contributed by atoms with Crippen LogP contribution in [0.25, 0.3) is 0 Å². The van der Waals surface area contributed by atoms with E-state index in [1.54, 1.807) is 6.07 Å². The lowest BCUT2D eigenvalue weighted by Gasteiger charge is -1.81.